The standard InChI is InChI=1S/C21H25NO7S/c1-3-4-17(23)27-15-7-5-12-11-14-13-6-8-16(29-30(24,25)26)20-21(13,9-10-22(14)2)18(12)19(15)28-20/h5-8,13-14,16,20H,3-4,9-11H2,1-2H3,(H,24,25,26)/t13-,14+,16-,20-,21-/m0/s1. The van der Waals surface area contributed by atoms with E-state index in [0.717, 1.165) is 30.5 Å². The van der Waals surface area contributed by atoms with Gasteiger partial charge in [0.1, 0.15) is 12.2 Å². The summed E-state index contributed by atoms with van der Waals surface area (Å²) in [5.41, 5.74) is 1.63. The molecule has 5 rings (SSSR count). The molecule has 8 nitrogen and oxygen atoms in total. The van der Waals surface area contributed by atoms with Gasteiger partial charge in [-0.2, -0.15) is 8.42 Å². The summed E-state index contributed by atoms with van der Waals surface area (Å²) >= 11 is 0. The molecule has 2 heterocycles. The van der Waals surface area contributed by atoms with Crippen molar-refractivity contribution >= 4 is 16.4 Å². The molecule has 30 heavy (non-hydrogen) atoms. The molecular weight excluding hydrogens is 410 g/mol. The molecule has 5 atom stereocenters. The third-order valence-electron chi connectivity index (χ3n) is 7.03. The quantitative estimate of drug-likeness (QED) is 0.324. The summed E-state index contributed by atoms with van der Waals surface area (Å²) in [5, 5.41) is 0. The Bertz CT molecular complexity index is 1040. The highest BCUT2D eigenvalue weighted by molar-refractivity contribution is 7.80. The van der Waals surface area contributed by atoms with Crippen LogP contribution in [-0.2, 0) is 31.2 Å². The lowest BCUT2D eigenvalue weighted by Gasteiger charge is -2.56. The van der Waals surface area contributed by atoms with E-state index in [9.17, 15) is 17.8 Å². The minimum atomic E-state index is -4.66. The summed E-state index contributed by atoms with van der Waals surface area (Å²) in [6, 6.07) is 4.00. The Kier molecular flexibility index (Phi) is 4.52. The first-order valence-electron chi connectivity index (χ1n) is 10.3. The van der Waals surface area contributed by atoms with Gasteiger partial charge >= 0.3 is 16.4 Å². The van der Waals surface area contributed by atoms with Crippen molar-refractivity contribution in [1.82, 2.24) is 4.90 Å². The van der Waals surface area contributed by atoms with Crippen LogP contribution in [0.15, 0.2) is 24.3 Å². The third-order valence-corrected chi connectivity index (χ3v) is 7.49. The average molecular weight is 435 g/mol. The van der Waals surface area contributed by atoms with Gasteiger partial charge in [-0.3, -0.25) is 9.35 Å². The number of likely N-dealkylation sites (N-methyl/N-ethyl adjacent to an activating group) is 1. The first-order valence-corrected chi connectivity index (χ1v) is 11.7. The number of esters is 1. The van der Waals surface area contributed by atoms with E-state index in [4.69, 9.17) is 13.7 Å². The summed E-state index contributed by atoms with van der Waals surface area (Å²) in [5.74, 6) is 0.639. The van der Waals surface area contributed by atoms with Crippen molar-refractivity contribution in [3.8, 4) is 11.5 Å². The highest BCUT2D eigenvalue weighted by Crippen LogP contribution is 2.62. The van der Waals surface area contributed by atoms with Crippen LogP contribution in [0.2, 0.25) is 0 Å². The molecule has 0 aromatic heterocycles. The largest absolute Gasteiger partial charge is 0.482 e. The van der Waals surface area contributed by atoms with Gasteiger partial charge < -0.3 is 14.4 Å². The van der Waals surface area contributed by atoms with Gasteiger partial charge in [-0.15, -0.1) is 0 Å². The Labute approximate surface area is 175 Å². The second-order valence-corrected chi connectivity index (χ2v) is 9.68. The Morgan fingerprint density at radius 2 is 2.17 bits per heavy atom. The number of piperidine rings is 1. The van der Waals surface area contributed by atoms with Gasteiger partial charge in [-0.05, 0) is 44.5 Å². The molecule has 1 aromatic carbocycles. The molecule has 0 unspecified atom stereocenters. The maximum atomic E-state index is 12.2. The number of hydrogen-bond acceptors (Lipinski definition) is 7. The number of nitrogens with zero attached hydrogens (tertiary/aromatic N) is 1. The van der Waals surface area contributed by atoms with Crippen molar-refractivity contribution in [3.05, 3.63) is 35.4 Å². The van der Waals surface area contributed by atoms with Gasteiger partial charge in [-0.1, -0.05) is 25.1 Å². The number of ether oxygens (including phenoxy) is 2. The zero-order valence-electron chi connectivity index (χ0n) is 16.9. The van der Waals surface area contributed by atoms with E-state index in [0.29, 0.717) is 24.3 Å². The molecular formula is C21H25NO7S. The lowest BCUT2D eigenvalue weighted by Crippen LogP contribution is -2.65. The highest BCUT2D eigenvalue weighted by atomic mass is 32.3. The molecule has 162 valence electrons. The SMILES string of the molecule is CCCC(=O)Oc1ccc2c3c1O[C@H]1[C@@H](OS(=O)(=O)O)C=C[C@H]4[C@@H](C2)N(C)CC[C@@]341. The van der Waals surface area contributed by atoms with Crippen LogP contribution in [-0.4, -0.2) is 55.7 Å². The van der Waals surface area contributed by atoms with Gasteiger partial charge in [0, 0.05) is 29.4 Å². The number of likely N-dealkylation sites (tertiary alicyclic amines) is 1. The van der Waals surface area contributed by atoms with Crippen molar-refractivity contribution in [2.75, 3.05) is 13.6 Å². The van der Waals surface area contributed by atoms with Gasteiger partial charge in [-0.25, -0.2) is 4.18 Å². The van der Waals surface area contributed by atoms with Crippen LogP contribution in [0.25, 0.3) is 0 Å². The van der Waals surface area contributed by atoms with Gasteiger partial charge in [0.2, 0.25) is 0 Å². The fourth-order valence-electron chi connectivity index (χ4n) is 5.89. The van der Waals surface area contributed by atoms with Crippen LogP contribution in [0.1, 0.15) is 37.3 Å². The van der Waals surface area contributed by atoms with Crippen LogP contribution in [0.3, 0.4) is 0 Å². The maximum Gasteiger partial charge on any atom is 0.398 e. The third kappa shape index (κ3) is 2.83. The molecule has 1 fully saturated rings. The number of rotatable bonds is 5. The molecule has 2 aliphatic heterocycles. The second kappa shape index (κ2) is 6.78. The Morgan fingerprint density at radius 3 is 2.90 bits per heavy atom. The first-order chi connectivity index (χ1) is 14.2. The van der Waals surface area contributed by atoms with Crippen molar-refractivity contribution in [3.63, 3.8) is 0 Å². The molecule has 1 saturated heterocycles. The summed E-state index contributed by atoms with van der Waals surface area (Å²) in [6.45, 7) is 2.73. The maximum absolute atomic E-state index is 12.2. The zero-order chi connectivity index (χ0) is 21.3. The molecule has 1 spiro atoms. The summed E-state index contributed by atoms with van der Waals surface area (Å²) in [6.07, 6.45) is 4.64. The lowest BCUT2D eigenvalue weighted by atomic mass is 9.53. The lowest BCUT2D eigenvalue weighted by molar-refractivity contribution is -0.134. The molecule has 4 aliphatic rings. The summed E-state index contributed by atoms with van der Waals surface area (Å²) < 4.78 is 49.3. The van der Waals surface area contributed by atoms with E-state index in [2.05, 4.69) is 11.9 Å². The first kappa shape index (κ1) is 20.0. The fourth-order valence-corrected chi connectivity index (χ4v) is 6.34. The average Bonchev–Trinajstić information content (AvgIpc) is 3.02. The van der Waals surface area contributed by atoms with Crippen LogP contribution in [0.4, 0.5) is 0 Å². The van der Waals surface area contributed by atoms with E-state index in [1.54, 1.807) is 12.1 Å². The van der Waals surface area contributed by atoms with E-state index in [-0.39, 0.29) is 17.9 Å². The van der Waals surface area contributed by atoms with Crippen LogP contribution >= 0.6 is 0 Å². The minimum Gasteiger partial charge on any atom is -0.482 e. The molecule has 2 bridgehead atoms. The molecule has 1 aromatic rings. The minimum absolute atomic E-state index is 0.109. The molecule has 0 amide bonds. The molecule has 2 aliphatic carbocycles. The molecule has 1 N–H and O–H groups in total. The Balaban J connectivity index is 1.65. The molecule has 0 radical (unpaired) electrons. The summed E-state index contributed by atoms with van der Waals surface area (Å²) in [7, 11) is -2.56. The second-order valence-electron chi connectivity index (χ2n) is 8.63. The van der Waals surface area contributed by atoms with E-state index < -0.39 is 28.0 Å². The van der Waals surface area contributed by atoms with Crippen molar-refractivity contribution in [2.45, 2.75) is 56.3 Å². The number of hydrogen-bond donors (Lipinski definition) is 1. The number of carbonyl (C=O) groups is 1. The van der Waals surface area contributed by atoms with E-state index in [1.807, 2.05) is 19.1 Å². The van der Waals surface area contributed by atoms with Crippen LogP contribution < -0.4 is 9.47 Å². The highest BCUT2D eigenvalue weighted by Gasteiger charge is 2.65. The number of benzene rings is 1. The van der Waals surface area contributed by atoms with E-state index >= 15 is 0 Å². The van der Waals surface area contributed by atoms with Crippen molar-refractivity contribution < 1.29 is 31.4 Å². The normalized spacial score (nSPS) is 33.7. The predicted octanol–water partition coefficient (Wildman–Crippen LogP) is 2.03. The van der Waals surface area contributed by atoms with Crippen molar-refractivity contribution in [2.24, 2.45) is 5.92 Å². The van der Waals surface area contributed by atoms with Gasteiger partial charge in [0.25, 0.3) is 0 Å². The zero-order valence-corrected chi connectivity index (χ0v) is 17.7. The predicted molar refractivity (Wildman–Crippen MR) is 107 cm³/mol. The monoisotopic (exact) mass is 435 g/mol. The molecule has 9 heteroatoms. The van der Waals surface area contributed by atoms with Crippen LogP contribution in [0.5, 0.6) is 11.5 Å². The van der Waals surface area contributed by atoms with Gasteiger partial charge in [0.15, 0.2) is 11.5 Å². The molecule has 0 saturated carbocycles. The smallest absolute Gasteiger partial charge is 0.398 e. The van der Waals surface area contributed by atoms with E-state index in [1.165, 1.54) is 0 Å². The van der Waals surface area contributed by atoms with Crippen molar-refractivity contribution in [1.29, 1.82) is 0 Å². The Hall–Kier alpha value is -1.94. The fraction of sp³-hybridized carbons (Fsp3) is 0.571. The topological polar surface area (TPSA) is 102 Å². The Morgan fingerprint density at radius 1 is 1.37 bits per heavy atom. The van der Waals surface area contributed by atoms with Gasteiger partial charge in [0.05, 0.1) is 0 Å². The van der Waals surface area contributed by atoms with Crippen LogP contribution in [0, 0.1) is 5.92 Å². The summed E-state index contributed by atoms with van der Waals surface area (Å²) in [4.78, 5) is 14.5. The number of carbonyl (C=O) groups excluding carboxylic acids is 1.